The van der Waals surface area contributed by atoms with Crippen molar-refractivity contribution in [3.05, 3.63) is 58.4 Å². The topological polar surface area (TPSA) is 92.3 Å². The molecule has 0 unspecified atom stereocenters. The molecule has 32 heavy (non-hydrogen) atoms. The SMILES string of the molecule is Cc1nnc2n1-c1c[nH][n+](C)c1C(c1ccc(Cl)cc1)=N[C@H]2CC(=O)N1CC2(COC2)C1. The number of nitrogens with zero attached hydrogens (tertiary/aromatic N) is 6. The first-order chi connectivity index (χ1) is 15.4. The smallest absolute Gasteiger partial charge is 0.280 e. The van der Waals surface area contributed by atoms with Gasteiger partial charge in [0.15, 0.2) is 12.9 Å². The fourth-order valence-corrected chi connectivity index (χ4v) is 4.97. The van der Waals surface area contributed by atoms with Crippen LogP contribution in [-0.2, 0) is 16.6 Å². The molecular formula is C22H23ClN7O2+. The van der Waals surface area contributed by atoms with Crippen molar-refractivity contribution in [1.82, 2.24) is 24.8 Å². The molecular weight excluding hydrogens is 430 g/mol. The Bertz CT molecular complexity index is 1250. The number of ether oxygens (including phenoxy) is 1. The van der Waals surface area contributed by atoms with Gasteiger partial charge >= 0.3 is 0 Å². The van der Waals surface area contributed by atoms with E-state index in [1.54, 1.807) is 0 Å². The Balaban J connectivity index is 1.42. The largest absolute Gasteiger partial charge is 0.380 e. The van der Waals surface area contributed by atoms with E-state index in [-0.39, 0.29) is 17.7 Å². The van der Waals surface area contributed by atoms with E-state index in [9.17, 15) is 4.79 Å². The number of H-pyrrole nitrogens is 1. The molecule has 0 saturated carbocycles. The summed E-state index contributed by atoms with van der Waals surface area (Å²) in [5, 5.41) is 12.6. The number of hydrogen-bond acceptors (Lipinski definition) is 5. The van der Waals surface area contributed by atoms with Gasteiger partial charge in [0.05, 0.1) is 31.2 Å². The number of halogens is 1. The van der Waals surface area contributed by atoms with Crippen LogP contribution in [0.3, 0.4) is 0 Å². The number of aliphatic imine (C=N–C) groups is 1. The van der Waals surface area contributed by atoms with Gasteiger partial charge in [-0.05, 0) is 19.1 Å². The molecule has 1 aromatic carbocycles. The number of carbonyl (C=O) groups excluding carboxylic acids is 1. The highest BCUT2D eigenvalue weighted by molar-refractivity contribution is 6.30. The van der Waals surface area contributed by atoms with Crippen LogP contribution in [0.4, 0.5) is 0 Å². The minimum atomic E-state index is -0.448. The van der Waals surface area contributed by atoms with Crippen molar-refractivity contribution >= 4 is 23.2 Å². The molecule has 0 bridgehead atoms. The average Bonchev–Trinajstić information content (AvgIpc) is 3.22. The molecule has 2 saturated heterocycles. The summed E-state index contributed by atoms with van der Waals surface area (Å²) < 4.78 is 9.25. The van der Waals surface area contributed by atoms with Crippen molar-refractivity contribution in [3.63, 3.8) is 0 Å². The average molecular weight is 453 g/mol. The summed E-state index contributed by atoms with van der Waals surface area (Å²) in [6.07, 6.45) is 2.16. The maximum absolute atomic E-state index is 13.1. The van der Waals surface area contributed by atoms with Gasteiger partial charge in [-0.15, -0.1) is 14.9 Å². The van der Waals surface area contributed by atoms with Crippen molar-refractivity contribution in [3.8, 4) is 5.69 Å². The van der Waals surface area contributed by atoms with Crippen molar-refractivity contribution in [1.29, 1.82) is 0 Å². The van der Waals surface area contributed by atoms with E-state index in [0.29, 0.717) is 10.8 Å². The van der Waals surface area contributed by atoms with Gasteiger partial charge in [-0.2, -0.15) is 5.10 Å². The molecule has 6 rings (SSSR count). The first-order valence-corrected chi connectivity index (χ1v) is 11.0. The zero-order valence-corrected chi connectivity index (χ0v) is 18.6. The van der Waals surface area contributed by atoms with Crippen LogP contribution in [0.2, 0.25) is 5.02 Å². The number of likely N-dealkylation sites (tertiary alicyclic amines) is 1. The normalized spacial score (nSPS) is 20.7. The van der Waals surface area contributed by atoms with Crippen molar-refractivity contribution in [2.24, 2.45) is 17.5 Å². The van der Waals surface area contributed by atoms with Gasteiger partial charge in [0, 0.05) is 23.7 Å². The molecule has 3 aliphatic heterocycles. The lowest BCUT2D eigenvalue weighted by atomic mass is 9.78. The van der Waals surface area contributed by atoms with Crippen LogP contribution in [0.25, 0.3) is 5.69 Å². The molecule has 0 radical (unpaired) electrons. The second-order valence-corrected chi connectivity index (χ2v) is 9.39. The number of aromatic amines is 1. The maximum Gasteiger partial charge on any atom is 0.280 e. The molecule has 3 aromatic rings. The van der Waals surface area contributed by atoms with E-state index in [1.165, 1.54) is 0 Å². The Morgan fingerprint density at radius 2 is 2.03 bits per heavy atom. The van der Waals surface area contributed by atoms with Crippen LogP contribution in [0.5, 0.6) is 0 Å². The third-order valence-electron chi connectivity index (χ3n) is 6.58. The lowest BCUT2D eigenvalue weighted by molar-refractivity contribution is -0.727. The number of amides is 1. The fraction of sp³-hybridized carbons (Fsp3) is 0.409. The summed E-state index contributed by atoms with van der Waals surface area (Å²) in [6, 6.07) is 7.15. The Hall–Kier alpha value is -3.04. The standard InChI is InChI=1S/C22H22ClN7O2/c1-13-26-27-21-16(7-18(31)29-9-22(10-29)11-32-12-22)25-19(14-3-5-15(23)6-4-14)20-17(30(13)21)8-24-28(20)2/h3-6,8,16H,7,9-12H2,1-2H3/p+1/t16-/m0/s1. The van der Waals surface area contributed by atoms with Crippen LogP contribution >= 0.6 is 11.6 Å². The first-order valence-electron chi connectivity index (χ1n) is 10.6. The maximum atomic E-state index is 13.1. The fourth-order valence-electron chi connectivity index (χ4n) is 4.84. The molecule has 3 aliphatic rings. The highest BCUT2D eigenvalue weighted by atomic mass is 35.5. The monoisotopic (exact) mass is 452 g/mol. The van der Waals surface area contributed by atoms with Gasteiger partial charge in [-0.25, -0.2) is 0 Å². The minimum absolute atomic E-state index is 0.0800. The quantitative estimate of drug-likeness (QED) is 0.610. The summed E-state index contributed by atoms with van der Waals surface area (Å²) in [6.45, 7) is 4.92. The molecule has 164 valence electrons. The molecule has 0 aliphatic carbocycles. The van der Waals surface area contributed by atoms with Crippen molar-refractivity contribution < 1.29 is 14.2 Å². The molecule has 5 heterocycles. The predicted molar refractivity (Wildman–Crippen MR) is 116 cm³/mol. The van der Waals surface area contributed by atoms with E-state index in [0.717, 1.165) is 54.8 Å². The third kappa shape index (κ3) is 2.91. The van der Waals surface area contributed by atoms with E-state index < -0.39 is 6.04 Å². The minimum Gasteiger partial charge on any atom is -0.380 e. The number of hydrogen-bond donors (Lipinski definition) is 1. The van der Waals surface area contributed by atoms with Gasteiger partial charge in [-0.1, -0.05) is 23.7 Å². The second kappa shape index (κ2) is 6.98. The molecule has 9 nitrogen and oxygen atoms in total. The van der Waals surface area contributed by atoms with Gasteiger partial charge in [-0.3, -0.25) is 14.4 Å². The summed E-state index contributed by atoms with van der Waals surface area (Å²) in [4.78, 5) is 20.1. The Kier molecular flexibility index (Phi) is 4.28. The lowest BCUT2D eigenvalue weighted by Gasteiger charge is -2.55. The summed E-state index contributed by atoms with van der Waals surface area (Å²) >= 11 is 6.13. The third-order valence-corrected chi connectivity index (χ3v) is 6.83. The molecule has 2 aromatic heterocycles. The van der Waals surface area contributed by atoms with Crippen LogP contribution in [0.15, 0.2) is 35.5 Å². The number of carbonyl (C=O) groups is 1. The highest BCUT2D eigenvalue weighted by Crippen LogP contribution is 2.39. The van der Waals surface area contributed by atoms with Crippen LogP contribution in [0.1, 0.15) is 35.4 Å². The predicted octanol–water partition coefficient (Wildman–Crippen LogP) is 1.52. The van der Waals surface area contributed by atoms with Crippen molar-refractivity contribution in [2.45, 2.75) is 19.4 Å². The number of nitrogens with one attached hydrogen (secondary N) is 1. The van der Waals surface area contributed by atoms with E-state index in [1.807, 2.05) is 58.6 Å². The number of aromatic nitrogens is 5. The highest BCUT2D eigenvalue weighted by Gasteiger charge is 2.51. The van der Waals surface area contributed by atoms with Crippen LogP contribution in [-0.4, -0.2) is 62.7 Å². The number of aryl methyl sites for hydroxylation is 2. The van der Waals surface area contributed by atoms with Crippen LogP contribution < -0.4 is 4.68 Å². The second-order valence-electron chi connectivity index (χ2n) is 8.95. The Labute approximate surface area is 189 Å². The van der Waals surface area contributed by atoms with Crippen molar-refractivity contribution in [2.75, 3.05) is 26.3 Å². The molecule has 1 N–H and O–H groups in total. The van der Waals surface area contributed by atoms with Gasteiger partial charge in [0.25, 0.3) is 5.69 Å². The zero-order valence-electron chi connectivity index (χ0n) is 17.9. The summed E-state index contributed by atoms with van der Waals surface area (Å²) in [7, 11) is 1.94. The van der Waals surface area contributed by atoms with E-state index in [2.05, 4.69) is 15.3 Å². The van der Waals surface area contributed by atoms with E-state index >= 15 is 0 Å². The number of rotatable bonds is 3. The van der Waals surface area contributed by atoms with Crippen LogP contribution in [0, 0.1) is 12.3 Å². The lowest BCUT2D eigenvalue weighted by Crippen LogP contribution is -2.67. The molecule has 1 amide bonds. The summed E-state index contributed by atoms with van der Waals surface area (Å²) in [5.74, 6) is 1.50. The summed E-state index contributed by atoms with van der Waals surface area (Å²) in [5.41, 5.74) is 3.70. The molecule has 1 spiro atoms. The van der Waals surface area contributed by atoms with Gasteiger partial charge in [0.1, 0.15) is 23.3 Å². The van der Waals surface area contributed by atoms with Gasteiger partial charge < -0.3 is 9.64 Å². The molecule has 2 fully saturated rings. The zero-order chi connectivity index (χ0) is 22.0. The number of fused-ring (bicyclic) bond motifs is 3. The number of benzene rings is 1. The molecule has 10 heteroatoms. The first kappa shape index (κ1) is 19.6. The van der Waals surface area contributed by atoms with E-state index in [4.69, 9.17) is 21.3 Å². The molecule has 1 atom stereocenters. The Morgan fingerprint density at radius 3 is 2.72 bits per heavy atom. The van der Waals surface area contributed by atoms with Gasteiger partial charge in [0.2, 0.25) is 5.91 Å². The Morgan fingerprint density at radius 1 is 1.28 bits per heavy atom.